The molecule has 1 aromatic heterocycles. The highest BCUT2D eigenvalue weighted by Crippen LogP contribution is 2.21. The van der Waals surface area contributed by atoms with E-state index in [0.29, 0.717) is 13.2 Å². The predicted molar refractivity (Wildman–Crippen MR) is 93.9 cm³/mol. The van der Waals surface area contributed by atoms with E-state index < -0.39 is 0 Å². The van der Waals surface area contributed by atoms with Crippen LogP contribution in [0.2, 0.25) is 0 Å². The molecule has 1 aromatic carbocycles. The monoisotopic (exact) mass is 317 g/mol. The van der Waals surface area contributed by atoms with Gasteiger partial charge in [-0.1, -0.05) is 24.3 Å². The number of para-hydroxylation sites is 1. The van der Waals surface area contributed by atoms with Crippen molar-refractivity contribution in [3.8, 4) is 5.75 Å². The normalized spacial score (nSPS) is 11.3. The summed E-state index contributed by atoms with van der Waals surface area (Å²) < 4.78 is 5.87. The summed E-state index contributed by atoms with van der Waals surface area (Å²) in [5, 5.41) is 8.62. The molecule has 0 spiro atoms. The summed E-state index contributed by atoms with van der Waals surface area (Å²) in [4.78, 5) is 5.50. The number of rotatable bonds is 6. The van der Waals surface area contributed by atoms with Crippen LogP contribution in [0.1, 0.15) is 16.0 Å². The van der Waals surface area contributed by atoms with E-state index in [0.717, 1.165) is 18.3 Å². The van der Waals surface area contributed by atoms with Gasteiger partial charge < -0.3 is 15.4 Å². The lowest BCUT2D eigenvalue weighted by atomic mass is 10.1. The van der Waals surface area contributed by atoms with Crippen LogP contribution in [0.25, 0.3) is 0 Å². The van der Waals surface area contributed by atoms with Crippen LogP contribution in [0.3, 0.4) is 0 Å². The van der Waals surface area contributed by atoms with Crippen LogP contribution in [-0.2, 0) is 6.54 Å². The van der Waals surface area contributed by atoms with Crippen molar-refractivity contribution in [2.24, 2.45) is 4.99 Å². The van der Waals surface area contributed by atoms with Gasteiger partial charge in [-0.15, -0.1) is 11.3 Å². The number of nitrogens with zero attached hydrogens (tertiary/aromatic N) is 1. The third kappa shape index (κ3) is 4.77. The molecule has 22 heavy (non-hydrogen) atoms. The average molecular weight is 317 g/mol. The van der Waals surface area contributed by atoms with E-state index in [1.807, 2.05) is 6.07 Å². The molecule has 0 unspecified atom stereocenters. The molecule has 0 radical (unpaired) electrons. The highest BCUT2D eigenvalue weighted by Gasteiger charge is 2.03. The van der Waals surface area contributed by atoms with Crippen molar-refractivity contribution in [2.45, 2.75) is 20.4 Å². The fourth-order valence-corrected chi connectivity index (χ4v) is 2.80. The average Bonchev–Trinajstić information content (AvgIpc) is 3.02. The molecule has 0 aliphatic carbocycles. The first-order valence-electron chi connectivity index (χ1n) is 7.36. The molecular formula is C17H23N3OS. The summed E-state index contributed by atoms with van der Waals surface area (Å²) in [6.07, 6.45) is 0. The zero-order valence-electron chi connectivity index (χ0n) is 13.3. The Morgan fingerprint density at radius 2 is 1.91 bits per heavy atom. The molecule has 2 aromatic rings. The summed E-state index contributed by atoms with van der Waals surface area (Å²) in [6.45, 7) is 6.23. The maximum absolute atomic E-state index is 5.87. The SMILES string of the molecule is CN=C(NCCOc1c(C)cccc1C)NCc1cccs1. The molecule has 0 saturated heterocycles. The van der Waals surface area contributed by atoms with Gasteiger partial charge in [-0.2, -0.15) is 0 Å². The van der Waals surface area contributed by atoms with Crippen molar-refractivity contribution < 1.29 is 4.74 Å². The first-order valence-corrected chi connectivity index (χ1v) is 8.24. The standard InChI is InChI=1S/C17H23N3OS/c1-13-6-4-7-14(2)16(13)21-10-9-19-17(18-3)20-12-15-8-5-11-22-15/h4-8,11H,9-10,12H2,1-3H3,(H2,18,19,20). The minimum atomic E-state index is 0.603. The lowest BCUT2D eigenvalue weighted by Crippen LogP contribution is -2.38. The Kier molecular flexibility index (Phi) is 6.27. The lowest BCUT2D eigenvalue weighted by Gasteiger charge is -2.14. The van der Waals surface area contributed by atoms with Crippen LogP contribution in [0.15, 0.2) is 40.7 Å². The third-order valence-electron chi connectivity index (χ3n) is 3.28. The summed E-state index contributed by atoms with van der Waals surface area (Å²) in [5.74, 6) is 1.77. The fourth-order valence-electron chi connectivity index (χ4n) is 2.15. The number of hydrogen-bond donors (Lipinski definition) is 2. The molecule has 1 heterocycles. The van der Waals surface area contributed by atoms with Gasteiger partial charge in [0.1, 0.15) is 12.4 Å². The molecule has 0 aliphatic rings. The maximum atomic E-state index is 5.87. The summed E-state index contributed by atoms with van der Waals surface area (Å²) in [5.41, 5.74) is 2.33. The number of aryl methyl sites for hydroxylation is 2. The molecule has 0 atom stereocenters. The number of guanidine groups is 1. The Bertz CT molecular complexity index is 588. The van der Waals surface area contributed by atoms with Gasteiger partial charge in [0.05, 0.1) is 13.1 Å². The maximum Gasteiger partial charge on any atom is 0.191 e. The second-order valence-corrected chi connectivity index (χ2v) is 6.03. The van der Waals surface area contributed by atoms with E-state index in [1.165, 1.54) is 16.0 Å². The van der Waals surface area contributed by atoms with Gasteiger partial charge in [0.2, 0.25) is 0 Å². The van der Waals surface area contributed by atoms with Crippen LogP contribution in [0, 0.1) is 13.8 Å². The Morgan fingerprint density at radius 3 is 2.55 bits per heavy atom. The van der Waals surface area contributed by atoms with E-state index in [1.54, 1.807) is 18.4 Å². The highest BCUT2D eigenvalue weighted by molar-refractivity contribution is 7.09. The first kappa shape index (κ1) is 16.4. The van der Waals surface area contributed by atoms with Gasteiger partial charge >= 0.3 is 0 Å². The Balaban J connectivity index is 1.73. The van der Waals surface area contributed by atoms with Crippen LogP contribution in [0.5, 0.6) is 5.75 Å². The molecule has 0 saturated carbocycles. The van der Waals surface area contributed by atoms with Gasteiger partial charge in [-0.05, 0) is 36.4 Å². The van der Waals surface area contributed by atoms with Gasteiger partial charge in [0.25, 0.3) is 0 Å². The molecule has 0 aliphatic heterocycles. The van der Waals surface area contributed by atoms with Crippen LogP contribution >= 0.6 is 11.3 Å². The molecule has 2 rings (SSSR count). The number of nitrogens with one attached hydrogen (secondary N) is 2. The van der Waals surface area contributed by atoms with Crippen LogP contribution < -0.4 is 15.4 Å². The Labute approximate surface area is 136 Å². The Hall–Kier alpha value is -2.01. The number of thiophene rings is 1. The molecule has 0 bridgehead atoms. The van der Waals surface area contributed by atoms with Crippen molar-refractivity contribution >= 4 is 17.3 Å². The lowest BCUT2D eigenvalue weighted by molar-refractivity contribution is 0.317. The van der Waals surface area contributed by atoms with Crippen molar-refractivity contribution in [1.82, 2.24) is 10.6 Å². The zero-order valence-corrected chi connectivity index (χ0v) is 14.2. The largest absolute Gasteiger partial charge is 0.491 e. The van der Waals surface area contributed by atoms with Crippen molar-refractivity contribution in [3.05, 3.63) is 51.7 Å². The third-order valence-corrected chi connectivity index (χ3v) is 4.16. The van der Waals surface area contributed by atoms with E-state index in [2.05, 4.69) is 59.1 Å². The second-order valence-electron chi connectivity index (χ2n) is 5.00. The summed E-state index contributed by atoms with van der Waals surface area (Å²) >= 11 is 1.73. The smallest absolute Gasteiger partial charge is 0.191 e. The number of hydrogen-bond acceptors (Lipinski definition) is 3. The molecule has 118 valence electrons. The molecular weight excluding hydrogens is 294 g/mol. The van der Waals surface area contributed by atoms with Gasteiger partial charge in [-0.3, -0.25) is 4.99 Å². The van der Waals surface area contributed by atoms with Crippen LogP contribution in [-0.4, -0.2) is 26.2 Å². The van der Waals surface area contributed by atoms with Crippen molar-refractivity contribution in [1.29, 1.82) is 0 Å². The fraction of sp³-hybridized carbons (Fsp3) is 0.353. The van der Waals surface area contributed by atoms with E-state index in [4.69, 9.17) is 4.74 Å². The topological polar surface area (TPSA) is 45.7 Å². The van der Waals surface area contributed by atoms with E-state index >= 15 is 0 Å². The molecule has 0 fully saturated rings. The van der Waals surface area contributed by atoms with Crippen molar-refractivity contribution in [3.63, 3.8) is 0 Å². The minimum Gasteiger partial charge on any atom is -0.491 e. The van der Waals surface area contributed by atoms with E-state index in [-0.39, 0.29) is 0 Å². The van der Waals surface area contributed by atoms with E-state index in [9.17, 15) is 0 Å². The second kappa shape index (κ2) is 8.44. The van der Waals surface area contributed by atoms with Gasteiger partial charge in [0.15, 0.2) is 5.96 Å². The highest BCUT2D eigenvalue weighted by atomic mass is 32.1. The van der Waals surface area contributed by atoms with Gasteiger partial charge in [-0.25, -0.2) is 0 Å². The predicted octanol–water partition coefficient (Wildman–Crippen LogP) is 3.11. The first-order chi connectivity index (χ1) is 10.7. The quantitative estimate of drug-likeness (QED) is 0.489. The van der Waals surface area contributed by atoms with Gasteiger partial charge in [0, 0.05) is 11.9 Å². The number of aliphatic imine (C=N–C) groups is 1. The number of ether oxygens (including phenoxy) is 1. The van der Waals surface area contributed by atoms with Crippen molar-refractivity contribution in [2.75, 3.05) is 20.2 Å². The minimum absolute atomic E-state index is 0.603. The zero-order chi connectivity index (χ0) is 15.8. The molecule has 5 heteroatoms. The Morgan fingerprint density at radius 1 is 1.14 bits per heavy atom. The van der Waals surface area contributed by atoms with Crippen LogP contribution in [0.4, 0.5) is 0 Å². The molecule has 4 nitrogen and oxygen atoms in total. The summed E-state index contributed by atoms with van der Waals surface area (Å²) in [6, 6.07) is 10.3. The molecule has 0 amide bonds. The number of benzene rings is 1. The summed E-state index contributed by atoms with van der Waals surface area (Å²) in [7, 11) is 1.77. The molecule has 2 N–H and O–H groups in total.